The molecule has 1 aliphatic heterocycles. The molecule has 1 aliphatic rings. The summed E-state index contributed by atoms with van der Waals surface area (Å²) in [7, 11) is 0. The number of carbonyl (C=O) groups is 1. The summed E-state index contributed by atoms with van der Waals surface area (Å²) in [6.07, 6.45) is 5.10. The van der Waals surface area contributed by atoms with Gasteiger partial charge in [-0.15, -0.1) is 0 Å². The van der Waals surface area contributed by atoms with Gasteiger partial charge < -0.3 is 4.90 Å². The minimum Gasteiger partial charge on any atom is -0.301 e. The third-order valence-corrected chi connectivity index (χ3v) is 5.43. The van der Waals surface area contributed by atoms with Crippen molar-refractivity contribution in [2.75, 3.05) is 32.7 Å². The molecule has 0 unspecified atom stereocenters. The molecular formula is C22H27N5O. The van der Waals surface area contributed by atoms with Gasteiger partial charge in [0.1, 0.15) is 17.5 Å². The fourth-order valence-corrected chi connectivity index (χ4v) is 3.78. The van der Waals surface area contributed by atoms with E-state index in [2.05, 4.69) is 51.0 Å². The van der Waals surface area contributed by atoms with Crippen molar-refractivity contribution >= 4 is 17.5 Å². The van der Waals surface area contributed by atoms with Crippen LogP contribution in [0.15, 0.2) is 42.7 Å². The van der Waals surface area contributed by atoms with E-state index in [4.69, 9.17) is 0 Å². The van der Waals surface area contributed by atoms with Crippen LogP contribution in [0.2, 0.25) is 0 Å². The van der Waals surface area contributed by atoms with E-state index < -0.39 is 0 Å². The Morgan fingerprint density at radius 3 is 2.68 bits per heavy atom. The van der Waals surface area contributed by atoms with E-state index in [0.29, 0.717) is 11.3 Å². The number of unbranched alkanes of at least 4 members (excludes halogenated alkanes) is 1. The second kappa shape index (κ2) is 8.63. The van der Waals surface area contributed by atoms with Gasteiger partial charge >= 0.3 is 0 Å². The normalized spacial score (nSPS) is 15.9. The molecular weight excluding hydrogens is 350 g/mol. The van der Waals surface area contributed by atoms with Crippen molar-refractivity contribution in [1.29, 1.82) is 0 Å². The molecule has 0 spiro atoms. The second-order valence-electron chi connectivity index (χ2n) is 7.45. The average molecular weight is 377 g/mol. The summed E-state index contributed by atoms with van der Waals surface area (Å²) in [6, 6.07) is 12.0. The standard InChI is InChI=1S/C22H27N5O/c1-2-3-9-25-10-12-26(13-11-25)15-18-5-4-6-20(14-18)27-17-23-21-8-7-19(16-28)24-22(21)27/h4-8,14,16-17H,2-3,9-13,15H2,1H3. The van der Waals surface area contributed by atoms with Crippen molar-refractivity contribution in [2.45, 2.75) is 26.3 Å². The van der Waals surface area contributed by atoms with E-state index in [-0.39, 0.29) is 0 Å². The highest BCUT2D eigenvalue weighted by molar-refractivity contribution is 5.80. The molecule has 1 aromatic carbocycles. The van der Waals surface area contributed by atoms with Crippen LogP contribution >= 0.6 is 0 Å². The number of imidazole rings is 1. The lowest BCUT2D eigenvalue weighted by Gasteiger charge is -2.34. The molecule has 0 amide bonds. The number of nitrogens with zero attached hydrogens (tertiary/aromatic N) is 5. The number of piperazine rings is 1. The van der Waals surface area contributed by atoms with Crippen LogP contribution in [0.3, 0.4) is 0 Å². The topological polar surface area (TPSA) is 54.3 Å². The molecule has 2 aromatic heterocycles. The highest BCUT2D eigenvalue weighted by atomic mass is 16.1. The average Bonchev–Trinajstić information content (AvgIpc) is 3.16. The molecule has 0 radical (unpaired) electrons. The van der Waals surface area contributed by atoms with Gasteiger partial charge in [-0.25, -0.2) is 9.97 Å². The van der Waals surface area contributed by atoms with Crippen molar-refractivity contribution in [3.8, 4) is 5.69 Å². The molecule has 3 aromatic rings. The first kappa shape index (κ1) is 18.8. The quantitative estimate of drug-likeness (QED) is 0.592. The van der Waals surface area contributed by atoms with Crippen LogP contribution in [0.4, 0.5) is 0 Å². The number of aldehydes is 1. The molecule has 0 atom stereocenters. The SMILES string of the molecule is CCCCN1CCN(Cc2cccc(-n3cnc4ccc(C=O)nc43)c2)CC1. The Labute approximate surface area is 165 Å². The summed E-state index contributed by atoms with van der Waals surface area (Å²) in [5.74, 6) is 0. The lowest BCUT2D eigenvalue weighted by Crippen LogP contribution is -2.46. The van der Waals surface area contributed by atoms with Gasteiger partial charge in [-0.2, -0.15) is 0 Å². The first-order chi connectivity index (χ1) is 13.8. The van der Waals surface area contributed by atoms with Gasteiger partial charge in [0.2, 0.25) is 0 Å². The highest BCUT2D eigenvalue weighted by Crippen LogP contribution is 2.19. The summed E-state index contributed by atoms with van der Waals surface area (Å²) in [5.41, 5.74) is 4.24. The Kier molecular flexibility index (Phi) is 5.78. The first-order valence-corrected chi connectivity index (χ1v) is 10.1. The lowest BCUT2D eigenvalue weighted by atomic mass is 10.1. The molecule has 1 fully saturated rings. The molecule has 28 heavy (non-hydrogen) atoms. The van der Waals surface area contributed by atoms with Gasteiger partial charge in [-0.3, -0.25) is 14.3 Å². The number of benzene rings is 1. The number of hydrogen-bond donors (Lipinski definition) is 0. The second-order valence-corrected chi connectivity index (χ2v) is 7.45. The molecule has 0 bridgehead atoms. The fraction of sp³-hybridized carbons (Fsp3) is 0.409. The van der Waals surface area contributed by atoms with Crippen LogP contribution < -0.4 is 0 Å². The van der Waals surface area contributed by atoms with Crippen molar-refractivity contribution in [1.82, 2.24) is 24.3 Å². The predicted molar refractivity (Wildman–Crippen MR) is 111 cm³/mol. The Bertz CT molecular complexity index is 943. The smallest absolute Gasteiger partial charge is 0.168 e. The van der Waals surface area contributed by atoms with Gasteiger partial charge in [0.05, 0.1) is 0 Å². The molecule has 3 heterocycles. The number of carbonyl (C=O) groups excluding carboxylic acids is 1. The van der Waals surface area contributed by atoms with Gasteiger partial charge in [-0.05, 0) is 42.8 Å². The van der Waals surface area contributed by atoms with E-state index in [0.717, 1.165) is 50.2 Å². The monoisotopic (exact) mass is 377 g/mol. The van der Waals surface area contributed by atoms with Crippen molar-refractivity contribution < 1.29 is 4.79 Å². The maximum absolute atomic E-state index is 11.1. The Morgan fingerprint density at radius 1 is 1.07 bits per heavy atom. The van der Waals surface area contributed by atoms with E-state index in [1.165, 1.54) is 24.9 Å². The fourth-order valence-electron chi connectivity index (χ4n) is 3.78. The lowest BCUT2D eigenvalue weighted by molar-refractivity contribution is 0.111. The Hall–Kier alpha value is -2.57. The highest BCUT2D eigenvalue weighted by Gasteiger charge is 2.16. The molecule has 0 N–H and O–H groups in total. The third kappa shape index (κ3) is 4.13. The maximum Gasteiger partial charge on any atom is 0.168 e. The van der Waals surface area contributed by atoms with E-state index >= 15 is 0 Å². The maximum atomic E-state index is 11.1. The van der Waals surface area contributed by atoms with Crippen molar-refractivity contribution in [3.05, 3.63) is 54.0 Å². The molecule has 6 heteroatoms. The molecule has 4 rings (SSSR count). The largest absolute Gasteiger partial charge is 0.301 e. The van der Waals surface area contributed by atoms with Crippen LogP contribution in [0, 0.1) is 0 Å². The Morgan fingerprint density at radius 2 is 1.89 bits per heavy atom. The third-order valence-electron chi connectivity index (χ3n) is 5.43. The van der Waals surface area contributed by atoms with Gasteiger partial charge in [0.25, 0.3) is 0 Å². The Balaban J connectivity index is 1.48. The van der Waals surface area contributed by atoms with Gasteiger partial charge in [0, 0.05) is 38.4 Å². The van der Waals surface area contributed by atoms with E-state index in [1.54, 1.807) is 12.4 Å². The van der Waals surface area contributed by atoms with E-state index in [1.807, 2.05) is 10.6 Å². The molecule has 6 nitrogen and oxygen atoms in total. The summed E-state index contributed by atoms with van der Waals surface area (Å²) in [6.45, 7) is 8.98. The number of hydrogen-bond acceptors (Lipinski definition) is 5. The minimum absolute atomic E-state index is 0.423. The van der Waals surface area contributed by atoms with Crippen LogP contribution in [-0.2, 0) is 6.54 Å². The molecule has 0 saturated carbocycles. The van der Waals surface area contributed by atoms with Crippen LogP contribution in [0.1, 0.15) is 35.8 Å². The minimum atomic E-state index is 0.423. The van der Waals surface area contributed by atoms with Crippen LogP contribution in [0.5, 0.6) is 0 Å². The molecule has 146 valence electrons. The zero-order chi connectivity index (χ0) is 19.3. The first-order valence-electron chi connectivity index (χ1n) is 10.1. The van der Waals surface area contributed by atoms with Crippen molar-refractivity contribution in [2.24, 2.45) is 0 Å². The van der Waals surface area contributed by atoms with Crippen LogP contribution in [0.25, 0.3) is 16.9 Å². The van der Waals surface area contributed by atoms with E-state index in [9.17, 15) is 4.79 Å². The summed E-state index contributed by atoms with van der Waals surface area (Å²) in [5, 5.41) is 0. The van der Waals surface area contributed by atoms with Crippen LogP contribution in [-0.4, -0.2) is 63.3 Å². The molecule has 1 saturated heterocycles. The van der Waals surface area contributed by atoms with Gasteiger partial charge in [-0.1, -0.05) is 25.5 Å². The predicted octanol–water partition coefficient (Wildman–Crippen LogP) is 3.15. The summed E-state index contributed by atoms with van der Waals surface area (Å²) in [4.78, 5) is 25.0. The summed E-state index contributed by atoms with van der Waals surface area (Å²) >= 11 is 0. The number of rotatable bonds is 7. The van der Waals surface area contributed by atoms with Gasteiger partial charge in [0.15, 0.2) is 11.9 Å². The molecule has 0 aliphatic carbocycles. The number of fused-ring (bicyclic) bond motifs is 1. The summed E-state index contributed by atoms with van der Waals surface area (Å²) < 4.78 is 1.95. The number of aromatic nitrogens is 3. The zero-order valence-corrected chi connectivity index (χ0v) is 16.4. The van der Waals surface area contributed by atoms with Crippen molar-refractivity contribution in [3.63, 3.8) is 0 Å². The zero-order valence-electron chi connectivity index (χ0n) is 16.4. The number of pyridine rings is 1.